The van der Waals surface area contributed by atoms with Crippen LogP contribution in [0.3, 0.4) is 0 Å². The van der Waals surface area contributed by atoms with Gasteiger partial charge in [-0.3, -0.25) is 4.79 Å². The van der Waals surface area contributed by atoms with E-state index in [4.69, 9.17) is 5.11 Å². The predicted molar refractivity (Wildman–Crippen MR) is 71.3 cm³/mol. The van der Waals surface area contributed by atoms with Crippen LogP contribution in [-0.2, 0) is 9.59 Å². The lowest BCUT2D eigenvalue weighted by Crippen LogP contribution is -2.24. The van der Waals surface area contributed by atoms with E-state index in [2.05, 4.69) is 5.32 Å². The normalized spacial score (nSPS) is 11.2. The van der Waals surface area contributed by atoms with E-state index >= 15 is 0 Å². The molecule has 1 aromatic rings. The molecule has 0 aromatic heterocycles. The van der Waals surface area contributed by atoms with Crippen LogP contribution in [0.4, 0.5) is 4.39 Å². The zero-order valence-electron chi connectivity index (χ0n) is 10.4. The number of carbonyl (C=O) groups is 2. The Kier molecular flexibility index (Phi) is 6.08. The molecule has 1 aromatic carbocycles. The van der Waals surface area contributed by atoms with Gasteiger partial charge in [0.25, 0.3) is 0 Å². The maximum absolute atomic E-state index is 12.9. The molecule has 4 nitrogen and oxygen atoms in total. The first kappa shape index (κ1) is 15.2. The quantitative estimate of drug-likeness (QED) is 0.621. The number of nitrogens with one attached hydrogen (secondary N) is 1. The van der Waals surface area contributed by atoms with Crippen molar-refractivity contribution in [2.45, 2.75) is 18.2 Å². The summed E-state index contributed by atoms with van der Waals surface area (Å²) < 4.78 is 12.9. The molecule has 0 aliphatic heterocycles. The summed E-state index contributed by atoms with van der Waals surface area (Å²) in [5.41, 5.74) is 0.345. The minimum absolute atomic E-state index is 0.0976. The highest BCUT2D eigenvalue weighted by atomic mass is 32.2. The second-order valence-corrected chi connectivity index (χ2v) is 4.70. The van der Waals surface area contributed by atoms with Crippen molar-refractivity contribution in [2.75, 3.05) is 5.75 Å². The molecule has 0 aliphatic carbocycles. The number of rotatable bonds is 6. The molecular weight excluding hydrogens is 269 g/mol. The third-order valence-corrected chi connectivity index (χ3v) is 3.14. The Bertz CT molecular complexity index is 502. The first-order chi connectivity index (χ1) is 9.01. The molecule has 19 heavy (non-hydrogen) atoms. The van der Waals surface area contributed by atoms with Crippen molar-refractivity contribution in [1.82, 2.24) is 5.32 Å². The highest BCUT2D eigenvalue weighted by Crippen LogP contribution is 2.18. The van der Waals surface area contributed by atoms with Gasteiger partial charge in [-0.05, 0) is 24.6 Å². The molecule has 0 unspecified atom stereocenters. The van der Waals surface area contributed by atoms with Gasteiger partial charge < -0.3 is 10.4 Å². The van der Waals surface area contributed by atoms with Crippen LogP contribution in [0.25, 0.3) is 0 Å². The summed E-state index contributed by atoms with van der Waals surface area (Å²) in [6.45, 7) is 1.74. The lowest BCUT2D eigenvalue weighted by molar-refractivity contribution is -0.131. The van der Waals surface area contributed by atoms with Gasteiger partial charge in [0.2, 0.25) is 5.91 Å². The minimum Gasteiger partial charge on any atom is -0.478 e. The third-order valence-electron chi connectivity index (χ3n) is 2.14. The Hall–Kier alpha value is -1.82. The number of hydrogen-bond donors (Lipinski definition) is 2. The van der Waals surface area contributed by atoms with Crippen LogP contribution in [0, 0.1) is 5.82 Å². The summed E-state index contributed by atoms with van der Waals surface area (Å²) in [6, 6.07) is 5.94. The smallest absolute Gasteiger partial charge is 0.330 e. The van der Waals surface area contributed by atoms with Crippen LogP contribution < -0.4 is 5.32 Å². The number of allylic oxidation sites excluding steroid dienone is 1. The van der Waals surface area contributed by atoms with E-state index in [9.17, 15) is 14.0 Å². The molecule has 2 N–H and O–H groups in total. The molecule has 0 saturated heterocycles. The maximum Gasteiger partial charge on any atom is 0.330 e. The van der Waals surface area contributed by atoms with Crippen molar-refractivity contribution in [1.29, 1.82) is 0 Å². The van der Waals surface area contributed by atoms with Gasteiger partial charge in [0.15, 0.2) is 0 Å². The fourth-order valence-electron chi connectivity index (χ4n) is 1.30. The number of thioether (sulfide) groups is 1. The number of hydrogen-bond acceptors (Lipinski definition) is 3. The summed E-state index contributed by atoms with van der Waals surface area (Å²) >= 11 is 1.19. The van der Waals surface area contributed by atoms with E-state index < -0.39 is 5.97 Å². The standard InChI is InChI=1S/C13H14FNO3S/c1-2-10(7-13(17)18)15-12(16)8-19-11-5-3-4-9(14)6-11/h3-7H,2,8H2,1H3,(H,15,16)(H,17,18)/b10-7+. The van der Waals surface area contributed by atoms with E-state index in [-0.39, 0.29) is 17.5 Å². The molecule has 1 rings (SSSR count). The number of carboxylic acid groups (broad SMARTS) is 1. The number of benzene rings is 1. The molecule has 0 saturated carbocycles. The largest absolute Gasteiger partial charge is 0.478 e. The van der Waals surface area contributed by atoms with E-state index in [0.29, 0.717) is 17.0 Å². The Morgan fingerprint density at radius 3 is 2.79 bits per heavy atom. The van der Waals surface area contributed by atoms with Crippen molar-refractivity contribution in [2.24, 2.45) is 0 Å². The highest BCUT2D eigenvalue weighted by Gasteiger charge is 2.06. The van der Waals surface area contributed by atoms with Crippen LogP contribution in [0.1, 0.15) is 13.3 Å². The minimum atomic E-state index is -1.10. The summed E-state index contributed by atoms with van der Waals surface area (Å²) in [7, 11) is 0. The van der Waals surface area contributed by atoms with Gasteiger partial charge in [0.1, 0.15) is 5.82 Å². The number of carbonyl (C=O) groups excluding carboxylic acids is 1. The average Bonchev–Trinajstić information content (AvgIpc) is 2.35. The van der Waals surface area contributed by atoms with Gasteiger partial charge in [-0.15, -0.1) is 11.8 Å². The van der Waals surface area contributed by atoms with Crippen molar-refractivity contribution in [3.63, 3.8) is 0 Å². The van der Waals surface area contributed by atoms with Crippen LogP contribution in [-0.4, -0.2) is 22.7 Å². The molecule has 0 atom stereocenters. The molecule has 0 spiro atoms. The van der Waals surface area contributed by atoms with Crippen LogP contribution in [0.2, 0.25) is 0 Å². The van der Waals surface area contributed by atoms with Gasteiger partial charge in [-0.25, -0.2) is 9.18 Å². The molecular formula is C13H14FNO3S. The Morgan fingerprint density at radius 2 is 2.21 bits per heavy atom. The summed E-state index contributed by atoms with van der Waals surface area (Å²) in [4.78, 5) is 22.7. The number of aliphatic carboxylic acids is 1. The SMILES string of the molecule is CC/C(=C\C(=O)O)NC(=O)CSc1cccc(F)c1. The van der Waals surface area contributed by atoms with E-state index in [1.165, 1.54) is 23.9 Å². The molecule has 1 amide bonds. The Morgan fingerprint density at radius 1 is 1.47 bits per heavy atom. The van der Waals surface area contributed by atoms with Crippen molar-refractivity contribution in [3.8, 4) is 0 Å². The number of halogens is 1. The average molecular weight is 283 g/mol. The number of carboxylic acids is 1. The highest BCUT2D eigenvalue weighted by molar-refractivity contribution is 8.00. The Labute approximate surface area is 114 Å². The first-order valence-corrected chi connectivity index (χ1v) is 6.61. The van der Waals surface area contributed by atoms with Crippen LogP contribution >= 0.6 is 11.8 Å². The number of amides is 1. The monoisotopic (exact) mass is 283 g/mol. The fourth-order valence-corrected chi connectivity index (χ4v) is 2.04. The van der Waals surface area contributed by atoms with Gasteiger partial charge in [0.05, 0.1) is 5.75 Å². The van der Waals surface area contributed by atoms with Gasteiger partial charge in [0, 0.05) is 16.7 Å². The topological polar surface area (TPSA) is 66.4 Å². The molecule has 0 aliphatic rings. The van der Waals surface area contributed by atoms with Crippen molar-refractivity contribution >= 4 is 23.6 Å². The first-order valence-electron chi connectivity index (χ1n) is 5.63. The van der Waals surface area contributed by atoms with E-state index in [0.717, 1.165) is 6.08 Å². The second-order valence-electron chi connectivity index (χ2n) is 3.66. The molecule has 0 heterocycles. The van der Waals surface area contributed by atoms with Gasteiger partial charge in [-0.2, -0.15) is 0 Å². The molecule has 0 radical (unpaired) electrons. The summed E-state index contributed by atoms with van der Waals surface area (Å²) in [5.74, 6) is -1.68. The van der Waals surface area contributed by atoms with Crippen molar-refractivity contribution < 1.29 is 19.1 Å². The summed E-state index contributed by atoms with van der Waals surface area (Å²) in [6.07, 6.45) is 1.38. The van der Waals surface area contributed by atoms with E-state index in [1.54, 1.807) is 19.1 Å². The molecule has 0 fully saturated rings. The van der Waals surface area contributed by atoms with Crippen molar-refractivity contribution in [3.05, 3.63) is 41.9 Å². The molecule has 6 heteroatoms. The zero-order valence-corrected chi connectivity index (χ0v) is 11.2. The lowest BCUT2D eigenvalue weighted by Gasteiger charge is -2.07. The zero-order chi connectivity index (χ0) is 14.3. The predicted octanol–water partition coefficient (Wildman–Crippen LogP) is 2.41. The molecule has 0 bridgehead atoms. The second kappa shape index (κ2) is 7.58. The maximum atomic E-state index is 12.9. The lowest BCUT2D eigenvalue weighted by atomic mass is 10.3. The van der Waals surface area contributed by atoms with Crippen LogP contribution in [0.15, 0.2) is 40.9 Å². The fraction of sp³-hybridized carbons (Fsp3) is 0.231. The third kappa shape index (κ3) is 6.05. The van der Waals surface area contributed by atoms with E-state index in [1.807, 2.05) is 0 Å². The summed E-state index contributed by atoms with van der Waals surface area (Å²) in [5, 5.41) is 11.1. The Balaban J connectivity index is 2.50. The van der Waals surface area contributed by atoms with Crippen LogP contribution in [0.5, 0.6) is 0 Å². The molecule has 102 valence electrons. The van der Waals surface area contributed by atoms with Gasteiger partial charge >= 0.3 is 5.97 Å². The van der Waals surface area contributed by atoms with Gasteiger partial charge in [-0.1, -0.05) is 13.0 Å².